The fourth-order valence-electron chi connectivity index (χ4n) is 1.23. The van der Waals surface area contributed by atoms with Gasteiger partial charge in [0.05, 0.1) is 0 Å². The van der Waals surface area contributed by atoms with Crippen molar-refractivity contribution in [3.8, 4) is 11.3 Å². The van der Waals surface area contributed by atoms with Crippen molar-refractivity contribution in [1.29, 1.82) is 0 Å². The molecule has 1 aromatic carbocycles. The second kappa shape index (κ2) is 3.27. The van der Waals surface area contributed by atoms with Gasteiger partial charge in [-0.25, -0.2) is 0 Å². The van der Waals surface area contributed by atoms with E-state index in [4.69, 9.17) is 16.0 Å². The Hall–Kier alpha value is -1.21. The molecule has 0 saturated heterocycles. The summed E-state index contributed by atoms with van der Waals surface area (Å²) in [6.45, 7) is 1.92. The molecule has 66 valence electrons. The minimum Gasteiger partial charge on any atom is -0.461 e. The van der Waals surface area contributed by atoms with Crippen molar-refractivity contribution in [3.05, 3.63) is 47.2 Å². The maximum Gasteiger partial charge on any atom is 0.134 e. The average molecular weight is 193 g/mol. The SMILES string of the molecule is Cc1ccc(-c2cccc(Cl)c2)o1. The summed E-state index contributed by atoms with van der Waals surface area (Å²) in [6.07, 6.45) is 0. The first-order chi connectivity index (χ1) is 6.25. The Labute approximate surface area is 82.0 Å². The molecule has 2 aromatic rings. The maximum absolute atomic E-state index is 5.86. The molecule has 1 nitrogen and oxygen atoms in total. The molecule has 0 amide bonds. The smallest absolute Gasteiger partial charge is 0.134 e. The Morgan fingerprint density at radius 1 is 1.15 bits per heavy atom. The monoisotopic (exact) mass is 192 g/mol. The van der Waals surface area contributed by atoms with Crippen molar-refractivity contribution in [1.82, 2.24) is 0 Å². The van der Waals surface area contributed by atoms with Crippen molar-refractivity contribution >= 4 is 11.6 Å². The predicted molar refractivity (Wildman–Crippen MR) is 53.9 cm³/mol. The summed E-state index contributed by atoms with van der Waals surface area (Å²) in [4.78, 5) is 0. The molecule has 0 radical (unpaired) electrons. The summed E-state index contributed by atoms with van der Waals surface area (Å²) < 4.78 is 5.47. The third-order valence-electron chi connectivity index (χ3n) is 1.85. The number of rotatable bonds is 1. The molecule has 0 aliphatic rings. The summed E-state index contributed by atoms with van der Waals surface area (Å²) in [6, 6.07) is 11.5. The normalized spacial score (nSPS) is 10.3. The van der Waals surface area contributed by atoms with Crippen molar-refractivity contribution in [3.63, 3.8) is 0 Å². The van der Waals surface area contributed by atoms with Crippen LogP contribution < -0.4 is 0 Å². The van der Waals surface area contributed by atoms with Crippen molar-refractivity contribution in [2.24, 2.45) is 0 Å². The predicted octanol–water partition coefficient (Wildman–Crippen LogP) is 3.91. The summed E-state index contributed by atoms with van der Waals surface area (Å²) in [5.74, 6) is 1.77. The first-order valence-corrected chi connectivity index (χ1v) is 4.46. The maximum atomic E-state index is 5.86. The Balaban J connectivity index is 2.46. The largest absolute Gasteiger partial charge is 0.461 e. The highest BCUT2D eigenvalue weighted by Crippen LogP contribution is 2.24. The van der Waals surface area contributed by atoms with Crippen LogP contribution in [0.1, 0.15) is 5.76 Å². The molecular weight excluding hydrogens is 184 g/mol. The Bertz CT molecular complexity index is 418. The highest BCUT2D eigenvalue weighted by Gasteiger charge is 2.01. The molecule has 0 N–H and O–H groups in total. The molecule has 0 aliphatic carbocycles. The van der Waals surface area contributed by atoms with Crippen molar-refractivity contribution in [2.45, 2.75) is 6.92 Å². The molecule has 0 saturated carbocycles. The number of halogens is 1. The average Bonchev–Trinajstić information content (AvgIpc) is 2.52. The van der Waals surface area contributed by atoms with Crippen LogP contribution in [-0.4, -0.2) is 0 Å². The Morgan fingerprint density at radius 3 is 2.62 bits per heavy atom. The van der Waals surface area contributed by atoms with E-state index in [2.05, 4.69) is 0 Å². The lowest BCUT2D eigenvalue weighted by Gasteiger charge is -1.96. The molecule has 0 spiro atoms. The van der Waals surface area contributed by atoms with E-state index in [1.807, 2.05) is 43.3 Å². The first kappa shape index (κ1) is 8.39. The summed E-state index contributed by atoms with van der Waals surface area (Å²) in [5.41, 5.74) is 1.01. The lowest BCUT2D eigenvalue weighted by atomic mass is 10.2. The third-order valence-corrected chi connectivity index (χ3v) is 2.08. The Kier molecular flexibility index (Phi) is 2.11. The van der Waals surface area contributed by atoms with Crippen LogP contribution in [0.15, 0.2) is 40.8 Å². The molecular formula is C11H9ClO. The molecule has 2 rings (SSSR count). The van der Waals surface area contributed by atoms with Crippen molar-refractivity contribution < 1.29 is 4.42 Å². The van der Waals surface area contributed by atoms with Crippen LogP contribution in [0.5, 0.6) is 0 Å². The van der Waals surface area contributed by atoms with E-state index in [1.165, 1.54) is 0 Å². The van der Waals surface area contributed by atoms with Crippen molar-refractivity contribution in [2.75, 3.05) is 0 Å². The van der Waals surface area contributed by atoms with Gasteiger partial charge in [-0.3, -0.25) is 0 Å². The van der Waals surface area contributed by atoms with Gasteiger partial charge in [-0.2, -0.15) is 0 Å². The standard InChI is InChI=1S/C11H9ClO/c1-8-5-6-11(13-8)9-3-2-4-10(12)7-9/h2-7H,1H3. The quantitative estimate of drug-likeness (QED) is 0.668. The molecule has 0 bridgehead atoms. The van der Waals surface area contributed by atoms with E-state index in [0.29, 0.717) is 0 Å². The fraction of sp³-hybridized carbons (Fsp3) is 0.0909. The molecule has 2 heteroatoms. The van der Waals surface area contributed by atoms with Gasteiger partial charge >= 0.3 is 0 Å². The number of furan rings is 1. The van der Waals surface area contributed by atoms with Gasteiger partial charge in [-0.05, 0) is 31.2 Å². The molecule has 1 aromatic heterocycles. The van der Waals surface area contributed by atoms with Gasteiger partial charge < -0.3 is 4.42 Å². The van der Waals surface area contributed by atoms with E-state index >= 15 is 0 Å². The van der Waals surface area contributed by atoms with E-state index in [-0.39, 0.29) is 0 Å². The lowest BCUT2D eigenvalue weighted by Crippen LogP contribution is -1.72. The molecule has 0 atom stereocenters. The van der Waals surface area contributed by atoms with E-state index in [9.17, 15) is 0 Å². The fourth-order valence-corrected chi connectivity index (χ4v) is 1.42. The number of benzene rings is 1. The zero-order chi connectivity index (χ0) is 9.26. The minimum absolute atomic E-state index is 0.728. The second-order valence-electron chi connectivity index (χ2n) is 2.92. The zero-order valence-corrected chi connectivity index (χ0v) is 8.01. The number of aryl methyl sites for hydroxylation is 1. The molecule has 0 fully saturated rings. The highest BCUT2D eigenvalue weighted by atomic mass is 35.5. The van der Waals surface area contributed by atoms with E-state index in [1.54, 1.807) is 0 Å². The van der Waals surface area contributed by atoms with Crippen LogP contribution in [-0.2, 0) is 0 Å². The van der Waals surface area contributed by atoms with Gasteiger partial charge in [-0.15, -0.1) is 0 Å². The van der Waals surface area contributed by atoms with Gasteiger partial charge in [0.2, 0.25) is 0 Å². The van der Waals surface area contributed by atoms with Gasteiger partial charge in [0, 0.05) is 10.6 Å². The lowest BCUT2D eigenvalue weighted by molar-refractivity contribution is 0.548. The van der Waals surface area contributed by atoms with Crippen LogP contribution in [0.25, 0.3) is 11.3 Å². The van der Waals surface area contributed by atoms with Gasteiger partial charge in [0.25, 0.3) is 0 Å². The summed E-state index contributed by atoms with van der Waals surface area (Å²) in [5, 5.41) is 0.728. The van der Waals surface area contributed by atoms with Gasteiger partial charge in [-0.1, -0.05) is 23.7 Å². The Morgan fingerprint density at radius 2 is 2.00 bits per heavy atom. The van der Waals surface area contributed by atoms with E-state index < -0.39 is 0 Å². The van der Waals surface area contributed by atoms with Crippen LogP contribution in [0.3, 0.4) is 0 Å². The highest BCUT2D eigenvalue weighted by molar-refractivity contribution is 6.30. The second-order valence-corrected chi connectivity index (χ2v) is 3.36. The molecule has 0 unspecified atom stereocenters. The van der Waals surface area contributed by atoms with E-state index in [0.717, 1.165) is 22.1 Å². The number of hydrogen-bond acceptors (Lipinski definition) is 1. The van der Waals surface area contributed by atoms with Gasteiger partial charge in [0.1, 0.15) is 11.5 Å². The number of hydrogen-bond donors (Lipinski definition) is 0. The van der Waals surface area contributed by atoms with Crippen LogP contribution >= 0.6 is 11.6 Å². The first-order valence-electron chi connectivity index (χ1n) is 4.08. The molecule has 1 heterocycles. The molecule has 0 aliphatic heterocycles. The summed E-state index contributed by atoms with van der Waals surface area (Å²) in [7, 11) is 0. The van der Waals surface area contributed by atoms with Crippen LogP contribution in [0.2, 0.25) is 5.02 Å². The topological polar surface area (TPSA) is 13.1 Å². The molecule has 13 heavy (non-hydrogen) atoms. The summed E-state index contributed by atoms with van der Waals surface area (Å²) >= 11 is 5.86. The van der Waals surface area contributed by atoms with Gasteiger partial charge in [0.15, 0.2) is 0 Å². The van der Waals surface area contributed by atoms with Crippen LogP contribution in [0.4, 0.5) is 0 Å². The minimum atomic E-state index is 0.728. The zero-order valence-electron chi connectivity index (χ0n) is 7.25. The third kappa shape index (κ3) is 1.76. The van der Waals surface area contributed by atoms with Crippen LogP contribution in [0, 0.1) is 6.92 Å².